The fraction of sp³-hybridized carbons (Fsp3) is 0.263. The van der Waals surface area contributed by atoms with E-state index in [0.717, 1.165) is 17.7 Å². The number of rotatable bonds is 3. The fourth-order valence-electron chi connectivity index (χ4n) is 2.99. The van der Waals surface area contributed by atoms with E-state index in [1.165, 1.54) is 6.07 Å². The number of carbonyl (C=O) groups excluding carboxylic acids is 2. The summed E-state index contributed by atoms with van der Waals surface area (Å²) in [6.45, 7) is 3.59. The van der Waals surface area contributed by atoms with Crippen molar-refractivity contribution in [3.8, 4) is 0 Å². The highest BCUT2D eigenvalue weighted by atomic mass is 35.5. The molecule has 3 rings (SSSR count). The Morgan fingerprint density at radius 1 is 1.21 bits per heavy atom. The Morgan fingerprint density at radius 2 is 1.96 bits per heavy atom. The van der Waals surface area contributed by atoms with Crippen molar-refractivity contribution >= 4 is 29.2 Å². The SMILES string of the molecule is C[C@@H]1Cc2ccccc2N1C(=O)[C@@H](C)OC(=O)c1cccc(Cl)c1. The number of hydrogen-bond acceptors (Lipinski definition) is 3. The second-order valence-electron chi connectivity index (χ2n) is 5.95. The largest absolute Gasteiger partial charge is 0.449 e. The van der Waals surface area contributed by atoms with Crippen LogP contribution in [0.25, 0.3) is 0 Å². The maximum Gasteiger partial charge on any atom is 0.338 e. The Kier molecular flexibility index (Phi) is 4.58. The van der Waals surface area contributed by atoms with Crippen LogP contribution in [-0.2, 0) is 16.0 Å². The molecule has 0 radical (unpaired) electrons. The smallest absolute Gasteiger partial charge is 0.338 e. The van der Waals surface area contributed by atoms with Gasteiger partial charge in [-0.25, -0.2) is 4.79 Å². The molecule has 1 amide bonds. The Bertz CT molecular complexity index is 790. The van der Waals surface area contributed by atoms with Crippen LogP contribution in [0.5, 0.6) is 0 Å². The first-order chi connectivity index (χ1) is 11.5. The van der Waals surface area contributed by atoms with Gasteiger partial charge < -0.3 is 9.64 Å². The summed E-state index contributed by atoms with van der Waals surface area (Å²) in [5.74, 6) is -0.777. The number of esters is 1. The summed E-state index contributed by atoms with van der Waals surface area (Å²) in [4.78, 5) is 26.7. The van der Waals surface area contributed by atoms with Crippen molar-refractivity contribution in [2.75, 3.05) is 4.90 Å². The molecule has 4 nitrogen and oxygen atoms in total. The van der Waals surface area contributed by atoms with Crippen LogP contribution in [0.2, 0.25) is 5.02 Å². The van der Waals surface area contributed by atoms with Crippen LogP contribution in [-0.4, -0.2) is 24.0 Å². The lowest BCUT2D eigenvalue weighted by atomic mass is 10.1. The van der Waals surface area contributed by atoms with Crippen molar-refractivity contribution in [3.05, 3.63) is 64.7 Å². The summed E-state index contributed by atoms with van der Waals surface area (Å²) in [6.07, 6.45) is -0.0678. The first-order valence-electron chi connectivity index (χ1n) is 7.85. The van der Waals surface area contributed by atoms with Crippen molar-refractivity contribution in [2.24, 2.45) is 0 Å². The van der Waals surface area contributed by atoms with E-state index in [0.29, 0.717) is 10.6 Å². The number of para-hydroxylation sites is 1. The molecule has 1 heterocycles. The summed E-state index contributed by atoms with van der Waals surface area (Å²) >= 11 is 5.88. The van der Waals surface area contributed by atoms with Gasteiger partial charge >= 0.3 is 5.97 Å². The normalized spacial score (nSPS) is 17.3. The first-order valence-corrected chi connectivity index (χ1v) is 8.22. The molecule has 2 aromatic rings. The molecule has 0 aliphatic carbocycles. The van der Waals surface area contributed by atoms with Crippen molar-refractivity contribution in [3.63, 3.8) is 0 Å². The van der Waals surface area contributed by atoms with Crippen molar-refractivity contribution in [1.82, 2.24) is 0 Å². The molecule has 124 valence electrons. The predicted octanol–water partition coefficient (Wildman–Crippen LogP) is 3.86. The summed E-state index contributed by atoms with van der Waals surface area (Å²) in [5.41, 5.74) is 2.35. The molecular formula is C19H18ClNO3. The zero-order chi connectivity index (χ0) is 17.3. The first kappa shape index (κ1) is 16.5. The molecule has 1 aliphatic rings. The molecule has 1 aliphatic heterocycles. The van der Waals surface area contributed by atoms with Crippen LogP contribution < -0.4 is 4.90 Å². The molecule has 0 aromatic heterocycles. The van der Waals surface area contributed by atoms with Gasteiger partial charge in [0.1, 0.15) is 0 Å². The van der Waals surface area contributed by atoms with E-state index in [9.17, 15) is 9.59 Å². The maximum atomic E-state index is 12.8. The minimum Gasteiger partial charge on any atom is -0.449 e. The third kappa shape index (κ3) is 3.15. The number of ether oxygens (including phenoxy) is 1. The third-order valence-corrected chi connectivity index (χ3v) is 4.37. The van der Waals surface area contributed by atoms with E-state index >= 15 is 0 Å². The van der Waals surface area contributed by atoms with E-state index in [2.05, 4.69) is 0 Å². The number of halogens is 1. The van der Waals surface area contributed by atoms with Crippen LogP contribution in [0, 0.1) is 0 Å². The third-order valence-electron chi connectivity index (χ3n) is 4.14. The molecule has 24 heavy (non-hydrogen) atoms. The second kappa shape index (κ2) is 6.65. The molecular weight excluding hydrogens is 326 g/mol. The highest BCUT2D eigenvalue weighted by Gasteiger charge is 2.34. The highest BCUT2D eigenvalue weighted by molar-refractivity contribution is 6.30. The predicted molar refractivity (Wildman–Crippen MR) is 93.4 cm³/mol. The van der Waals surface area contributed by atoms with Gasteiger partial charge in [0.25, 0.3) is 5.91 Å². The quantitative estimate of drug-likeness (QED) is 0.795. The topological polar surface area (TPSA) is 46.6 Å². The Balaban J connectivity index is 1.75. The monoisotopic (exact) mass is 343 g/mol. The number of anilines is 1. The van der Waals surface area contributed by atoms with Crippen molar-refractivity contribution in [2.45, 2.75) is 32.4 Å². The van der Waals surface area contributed by atoms with Gasteiger partial charge in [-0.05, 0) is 50.1 Å². The number of hydrogen-bond donors (Lipinski definition) is 0. The molecule has 5 heteroatoms. The number of carbonyl (C=O) groups is 2. The highest BCUT2D eigenvalue weighted by Crippen LogP contribution is 2.32. The molecule has 0 bridgehead atoms. The zero-order valence-corrected chi connectivity index (χ0v) is 14.3. The summed E-state index contributed by atoms with van der Waals surface area (Å²) in [5, 5.41) is 0.450. The minimum absolute atomic E-state index is 0.0437. The van der Waals surface area contributed by atoms with Gasteiger partial charge in [-0.3, -0.25) is 4.79 Å². The average molecular weight is 344 g/mol. The van der Waals surface area contributed by atoms with E-state index in [-0.39, 0.29) is 11.9 Å². The molecule has 2 aromatic carbocycles. The Hall–Kier alpha value is -2.33. The van der Waals surface area contributed by atoms with Crippen LogP contribution in [0.15, 0.2) is 48.5 Å². The second-order valence-corrected chi connectivity index (χ2v) is 6.38. The van der Waals surface area contributed by atoms with Crippen LogP contribution in [0.1, 0.15) is 29.8 Å². The van der Waals surface area contributed by atoms with Crippen LogP contribution in [0.4, 0.5) is 5.69 Å². The Labute approximate surface area is 146 Å². The molecule has 2 atom stereocenters. The van der Waals surface area contributed by atoms with Crippen molar-refractivity contribution < 1.29 is 14.3 Å². The van der Waals surface area contributed by atoms with Crippen LogP contribution >= 0.6 is 11.6 Å². The zero-order valence-electron chi connectivity index (χ0n) is 13.5. The Morgan fingerprint density at radius 3 is 2.71 bits per heavy atom. The fourth-order valence-corrected chi connectivity index (χ4v) is 3.18. The lowest BCUT2D eigenvalue weighted by molar-refractivity contribution is -0.126. The van der Waals surface area contributed by atoms with Gasteiger partial charge in [-0.2, -0.15) is 0 Å². The van der Waals surface area contributed by atoms with Gasteiger partial charge in [0.05, 0.1) is 5.56 Å². The van der Waals surface area contributed by atoms with Gasteiger partial charge in [0.2, 0.25) is 0 Å². The van der Waals surface area contributed by atoms with E-state index in [1.807, 2.05) is 31.2 Å². The van der Waals surface area contributed by atoms with Gasteiger partial charge in [0.15, 0.2) is 6.10 Å². The lowest BCUT2D eigenvalue weighted by Crippen LogP contribution is -2.43. The van der Waals surface area contributed by atoms with E-state index < -0.39 is 12.1 Å². The molecule has 0 N–H and O–H groups in total. The molecule has 0 fully saturated rings. The van der Waals surface area contributed by atoms with Gasteiger partial charge in [-0.15, -0.1) is 0 Å². The summed E-state index contributed by atoms with van der Waals surface area (Å²) in [7, 11) is 0. The van der Waals surface area contributed by atoms with Gasteiger partial charge in [0, 0.05) is 16.8 Å². The average Bonchev–Trinajstić information content (AvgIpc) is 2.89. The number of amides is 1. The summed E-state index contributed by atoms with van der Waals surface area (Å²) < 4.78 is 5.34. The number of benzene rings is 2. The van der Waals surface area contributed by atoms with E-state index in [1.54, 1.807) is 30.0 Å². The lowest BCUT2D eigenvalue weighted by Gasteiger charge is -2.25. The molecule has 0 saturated heterocycles. The van der Waals surface area contributed by atoms with E-state index in [4.69, 9.17) is 16.3 Å². The number of fused-ring (bicyclic) bond motifs is 1. The molecule has 0 saturated carbocycles. The minimum atomic E-state index is -0.870. The van der Waals surface area contributed by atoms with Gasteiger partial charge in [-0.1, -0.05) is 35.9 Å². The maximum absolute atomic E-state index is 12.8. The molecule has 0 spiro atoms. The molecule has 0 unspecified atom stereocenters. The van der Waals surface area contributed by atoms with Crippen LogP contribution in [0.3, 0.4) is 0 Å². The number of nitrogens with zero attached hydrogens (tertiary/aromatic N) is 1. The summed E-state index contributed by atoms with van der Waals surface area (Å²) in [6, 6.07) is 14.3. The van der Waals surface area contributed by atoms with Crippen molar-refractivity contribution in [1.29, 1.82) is 0 Å². The standard InChI is InChI=1S/C19H18ClNO3/c1-12-10-14-6-3-4-9-17(14)21(12)18(22)13(2)24-19(23)15-7-5-8-16(20)11-15/h3-9,11-13H,10H2,1-2H3/t12-,13-/m1/s1.